The highest BCUT2D eigenvalue weighted by Gasteiger charge is 2.34. The summed E-state index contributed by atoms with van der Waals surface area (Å²) in [6.07, 6.45) is -0.862. The minimum Gasteiger partial charge on any atom is -0.479 e. The van der Waals surface area contributed by atoms with Crippen molar-refractivity contribution in [1.82, 2.24) is 5.32 Å². The Balaban J connectivity index is 1.60. The molecule has 2 aromatic carbocycles. The Morgan fingerprint density at radius 3 is 2.44 bits per heavy atom. The van der Waals surface area contributed by atoms with Gasteiger partial charge >= 0.3 is 5.97 Å². The number of ether oxygens (including phenoxy) is 2. The van der Waals surface area contributed by atoms with Crippen LogP contribution in [-0.4, -0.2) is 29.2 Å². The molecule has 0 saturated carbocycles. The average molecular weight is 341 g/mol. The van der Waals surface area contributed by atoms with E-state index >= 15 is 0 Å². The zero-order chi connectivity index (χ0) is 17.6. The van der Waals surface area contributed by atoms with Crippen LogP contribution in [0, 0.1) is 0 Å². The first-order chi connectivity index (χ1) is 12.1. The normalized spacial score (nSPS) is 19.4. The molecule has 2 aromatic rings. The second-order valence-electron chi connectivity index (χ2n) is 5.77. The highest BCUT2D eigenvalue weighted by Crippen LogP contribution is 2.25. The molecule has 3 rings (SSSR count). The topological polar surface area (TPSA) is 84.9 Å². The maximum absolute atomic E-state index is 12.2. The SMILES string of the molecule is O=C(NCc1ccccc1Oc1ccccc1)[C@@H]1CC[C@H](C(=O)O)O1. The molecule has 1 aliphatic heterocycles. The van der Waals surface area contributed by atoms with Crippen LogP contribution in [0.15, 0.2) is 54.6 Å². The number of rotatable bonds is 6. The number of carbonyl (C=O) groups excluding carboxylic acids is 1. The minimum absolute atomic E-state index is 0.277. The van der Waals surface area contributed by atoms with Crippen molar-refractivity contribution in [1.29, 1.82) is 0 Å². The van der Waals surface area contributed by atoms with Gasteiger partial charge in [-0.15, -0.1) is 0 Å². The van der Waals surface area contributed by atoms with Crippen LogP contribution >= 0.6 is 0 Å². The van der Waals surface area contributed by atoms with Gasteiger partial charge in [-0.3, -0.25) is 4.79 Å². The summed E-state index contributed by atoms with van der Waals surface area (Å²) >= 11 is 0. The molecule has 0 bridgehead atoms. The van der Waals surface area contributed by atoms with E-state index in [1.165, 1.54) is 0 Å². The van der Waals surface area contributed by atoms with Gasteiger partial charge in [0.25, 0.3) is 0 Å². The molecular formula is C19H19NO5. The lowest BCUT2D eigenvalue weighted by Crippen LogP contribution is -2.35. The standard InChI is InChI=1S/C19H19NO5/c21-18(16-10-11-17(25-16)19(22)23)20-12-13-6-4-5-9-15(13)24-14-7-2-1-3-8-14/h1-9,16-17H,10-12H2,(H,20,21)(H,22,23)/t16-,17+/m0/s1. The number of aliphatic carboxylic acids is 1. The average Bonchev–Trinajstić information content (AvgIpc) is 3.12. The third kappa shape index (κ3) is 4.36. The molecule has 1 heterocycles. The molecule has 0 aromatic heterocycles. The van der Waals surface area contributed by atoms with Crippen molar-refractivity contribution in [2.75, 3.05) is 0 Å². The largest absolute Gasteiger partial charge is 0.479 e. The van der Waals surface area contributed by atoms with Crippen LogP contribution in [0.2, 0.25) is 0 Å². The fraction of sp³-hybridized carbons (Fsp3) is 0.263. The van der Waals surface area contributed by atoms with E-state index in [-0.39, 0.29) is 12.5 Å². The van der Waals surface area contributed by atoms with E-state index in [1.54, 1.807) is 0 Å². The summed E-state index contributed by atoms with van der Waals surface area (Å²) in [6.45, 7) is 0.277. The Hall–Kier alpha value is -2.86. The lowest BCUT2D eigenvalue weighted by atomic mass is 10.1. The van der Waals surface area contributed by atoms with Gasteiger partial charge in [0, 0.05) is 12.1 Å². The van der Waals surface area contributed by atoms with E-state index in [9.17, 15) is 9.59 Å². The second kappa shape index (κ2) is 7.81. The van der Waals surface area contributed by atoms with Gasteiger partial charge in [0.1, 0.15) is 17.6 Å². The maximum atomic E-state index is 12.2. The molecule has 130 valence electrons. The van der Waals surface area contributed by atoms with E-state index in [2.05, 4.69) is 5.32 Å². The number of carboxylic acid groups (broad SMARTS) is 1. The van der Waals surface area contributed by atoms with Crippen LogP contribution in [0.3, 0.4) is 0 Å². The summed E-state index contributed by atoms with van der Waals surface area (Å²) in [6, 6.07) is 16.8. The molecule has 0 spiro atoms. The van der Waals surface area contributed by atoms with E-state index in [0.29, 0.717) is 24.3 Å². The van der Waals surface area contributed by atoms with Crippen LogP contribution in [0.4, 0.5) is 0 Å². The zero-order valence-electron chi connectivity index (χ0n) is 13.6. The van der Waals surface area contributed by atoms with Gasteiger partial charge in [0.15, 0.2) is 6.10 Å². The van der Waals surface area contributed by atoms with Gasteiger partial charge in [-0.05, 0) is 31.0 Å². The van der Waals surface area contributed by atoms with E-state index in [1.807, 2.05) is 54.6 Å². The Morgan fingerprint density at radius 2 is 1.72 bits per heavy atom. The first-order valence-electron chi connectivity index (χ1n) is 8.10. The van der Waals surface area contributed by atoms with Crippen LogP contribution in [0.25, 0.3) is 0 Å². The predicted octanol–water partition coefficient (Wildman–Crippen LogP) is 2.73. The monoisotopic (exact) mass is 341 g/mol. The number of carboxylic acids is 1. The molecule has 0 unspecified atom stereocenters. The summed E-state index contributed by atoms with van der Waals surface area (Å²) in [5.41, 5.74) is 0.826. The fourth-order valence-corrected chi connectivity index (χ4v) is 2.67. The third-order valence-electron chi connectivity index (χ3n) is 3.98. The Bertz CT molecular complexity index is 746. The first kappa shape index (κ1) is 17.0. The molecule has 1 amide bonds. The minimum atomic E-state index is -1.03. The van der Waals surface area contributed by atoms with E-state index in [0.717, 1.165) is 5.56 Å². The van der Waals surface area contributed by atoms with Crippen molar-refractivity contribution in [3.63, 3.8) is 0 Å². The highest BCUT2D eigenvalue weighted by molar-refractivity contribution is 5.82. The summed E-state index contributed by atoms with van der Waals surface area (Å²) in [5, 5.41) is 11.7. The molecule has 6 heteroatoms. The smallest absolute Gasteiger partial charge is 0.332 e. The Morgan fingerprint density at radius 1 is 1.04 bits per heavy atom. The van der Waals surface area contributed by atoms with Crippen LogP contribution in [0.1, 0.15) is 18.4 Å². The molecular weight excluding hydrogens is 322 g/mol. The number of amides is 1. The highest BCUT2D eigenvalue weighted by atomic mass is 16.5. The lowest BCUT2D eigenvalue weighted by Gasteiger charge is -2.14. The fourth-order valence-electron chi connectivity index (χ4n) is 2.67. The third-order valence-corrected chi connectivity index (χ3v) is 3.98. The van der Waals surface area contributed by atoms with Gasteiger partial charge in [-0.1, -0.05) is 36.4 Å². The van der Waals surface area contributed by atoms with E-state index < -0.39 is 18.2 Å². The van der Waals surface area contributed by atoms with E-state index in [4.69, 9.17) is 14.6 Å². The Kier molecular flexibility index (Phi) is 5.30. The number of benzene rings is 2. The van der Waals surface area contributed by atoms with Crippen LogP contribution < -0.4 is 10.1 Å². The maximum Gasteiger partial charge on any atom is 0.332 e. The van der Waals surface area contributed by atoms with Crippen molar-refractivity contribution >= 4 is 11.9 Å². The van der Waals surface area contributed by atoms with Gasteiger partial charge in [0.2, 0.25) is 5.91 Å². The Labute approximate surface area is 145 Å². The van der Waals surface area contributed by atoms with Crippen molar-refractivity contribution in [2.45, 2.75) is 31.6 Å². The number of hydrogen-bond acceptors (Lipinski definition) is 4. The molecule has 1 aliphatic rings. The molecule has 2 atom stereocenters. The van der Waals surface area contributed by atoms with Crippen LogP contribution in [-0.2, 0) is 20.9 Å². The number of para-hydroxylation sites is 2. The van der Waals surface area contributed by atoms with Crippen molar-refractivity contribution < 1.29 is 24.2 Å². The molecule has 1 fully saturated rings. The molecule has 0 radical (unpaired) electrons. The second-order valence-corrected chi connectivity index (χ2v) is 5.77. The number of nitrogens with one attached hydrogen (secondary N) is 1. The molecule has 25 heavy (non-hydrogen) atoms. The predicted molar refractivity (Wildman–Crippen MR) is 90.3 cm³/mol. The number of hydrogen-bond donors (Lipinski definition) is 2. The van der Waals surface area contributed by atoms with Crippen molar-refractivity contribution in [2.24, 2.45) is 0 Å². The summed E-state index contributed by atoms with van der Waals surface area (Å²) in [5.74, 6) is 0.0321. The quantitative estimate of drug-likeness (QED) is 0.844. The lowest BCUT2D eigenvalue weighted by molar-refractivity contribution is -0.151. The van der Waals surface area contributed by atoms with Gasteiger partial charge in [-0.25, -0.2) is 4.79 Å². The zero-order valence-corrected chi connectivity index (χ0v) is 13.6. The van der Waals surface area contributed by atoms with Gasteiger partial charge in [0.05, 0.1) is 0 Å². The molecule has 6 nitrogen and oxygen atoms in total. The summed E-state index contributed by atoms with van der Waals surface area (Å²) in [7, 11) is 0. The van der Waals surface area contributed by atoms with Gasteiger partial charge in [-0.2, -0.15) is 0 Å². The first-order valence-corrected chi connectivity index (χ1v) is 8.10. The molecule has 0 aliphatic carbocycles. The molecule has 1 saturated heterocycles. The van der Waals surface area contributed by atoms with Crippen molar-refractivity contribution in [3.8, 4) is 11.5 Å². The van der Waals surface area contributed by atoms with Crippen molar-refractivity contribution in [3.05, 3.63) is 60.2 Å². The number of carbonyl (C=O) groups is 2. The summed E-state index contributed by atoms with van der Waals surface area (Å²) < 4.78 is 11.1. The molecule has 2 N–H and O–H groups in total. The van der Waals surface area contributed by atoms with Gasteiger partial charge < -0.3 is 19.9 Å². The van der Waals surface area contributed by atoms with Crippen LogP contribution in [0.5, 0.6) is 11.5 Å². The summed E-state index contributed by atoms with van der Waals surface area (Å²) in [4.78, 5) is 23.1.